The number of nitrogens with one attached hydrogen (secondary N) is 2. The zero-order chi connectivity index (χ0) is 22.6. The first-order chi connectivity index (χ1) is 15.7. The number of guanidine groups is 1. The lowest BCUT2D eigenvalue weighted by Crippen LogP contribution is -2.37. The van der Waals surface area contributed by atoms with E-state index >= 15 is 0 Å². The normalized spacial score (nSPS) is 10.6. The molecule has 3 rings (SSSR count). The van der Waals surface area contributed by atoms with E-state index in [1.165, 1.54) is 11.1 Å². The van der Waals surface area contributed by atoms with Gasteiger partial charge < -0.3 is 20.1 Å². The maximum atomic E-state index is 5.59. The predicted molar refractivity (Wildman–Crippen MR) is 142 cm³/mol. The van der Waals surface area contributed by atoms with Gasteiger partial charge in [0.2, 0.25) is 0 Å². The summed E-state index contributed by atoms with van der Waals surface area (Å²) in [4.78, 5) is 4.72. The zero-order valence-corrected chi connectivity index (χ0v) is 21.3. The molecule has 174 valence electrons. The van der Waals surface area contributed by atoms with Crippen molar-refractivity contribution >= 4 is 29.9 Å². The van der Waals surface area contributed by atoms with Crippen LogP contribution in [0.3, 0.4) is 0 Å². The minimum atomic E-state index is 0. The van der Waals surface area contributed by atoms with E-state index < -0.39 is 0 Å². The molecule has 1 heterocycles. The first kappa shape index (κ1) is 26.1. The van der Waals surface area contributed by atoms with Crippen LogP contribution in [0.25, 0.3) is 0 Å². The molecule has 0 unspecified atom stereocenters. The SMILES string of the molecule is C#CCOc1cc(CN=C(NCC)NCc2ccccc2Cn2cccn2)ccc1OC.I. The topological polar surface area (TPSA) is 72.7 Å². The number of aromatic nitrogens is 2. The van der Waals surface area contributed by atoms with Crippen molar-refractivity contribution in [3.05, 3.63) is 77.6 Å². The molecular formula is C25H30IN5O2. The molecule has 2 N–H and O–H groups in total. The van der Waals surface area contributed by atoms with Gasteiger partial charge in [0.1, 0.15) is 6.61 Å². The van der Waals surface area contributed by atoms with Crippen LogP contribution in [0.1, 0.15) is 23.6 Å². The van der Waals surface area contributed by atoms with Crippen LogP contribution in [0.4, 0.5) is 0 Å². The zero-order valence-electron chi connectivity index (χ0n) is 19.0. The van der Waals surface area contributed by atoms with E-state index in [1.54, 1.807) is 13.3 Å². The number of rotatable bonds is 10. The standard InChI is InChI=1S/C25H29N5O2.HI/c1-4-15-32-24-16-20(11-12-23(24)31-3)17-27-25(26-5-2)28-18-21-9-6-7-10-22(21)19-30-14-8-13-29-30;/h1,6-14,16H,5,15,17-19H2,2-3H3,(H2,26,27,28);1H. The van der Waals surface area contributed by atoms with E-state index in [1.807, 2.05) is 54.2 Å². The molecule has 3 aromatic rings. The van der Waals surface area contributed by atoms with Gasteiger partial charge in [-0.15, -0.1) is 30.4 Å². The summed E-state index contributed by atoms with van der Waals surface area (Å²) in [5.74, 6) is 4.47. The van der Waals surface area contributed by atoms with Gasteiger partial charge in [0.25, 0.3) is 0 Å². The second kappa shape index (κ2) is 14.1. The summed E-state index contributed by atoms with van der Waals surface area (Å²) >= 11 is 0. The van der Waals surface area contributed by atoms with Crippen molar-refractivity contribution in [3.63, 3.8) is 0 Å². The molecule has 0 saturated heterocycles. The van der Waals surface area contributed by atoms with Crippen molar-refractivity contribution in [1.29, 1.82) is 0 Å². The van der Waals surface area contributed by atoms with Crippen LogP contribution >= 0.6 is 24.0 Å². The van der Waals surface area contributed by atoms with Crippen LogP contribution in [0, 0.1) is 12.3 Å². The van der Waals surface area contributed by atoms with Gasteiger partial charge in [-0.3, -0.25) is 4.68 Å². The van der Waals surface area contributed by atoms with Gasteiger partial charge in [0.15, 0.2) is 17.5 Å². The van der Waals surface area contributed by atoms with Gasteiger partial charge >= 0.3 is 0 Å². The van der Waals surface area contributed by atoms with Crippen LogP contribution in [0.5, 0.6) is 11.5 Å². The Hall–Kier alpha value is -3.19. The molecule has 0 bridgehead atoms. The number of benzene rings is 2. The first-order valence-electron chi connectivity index (χ1n) is 10.5. The molecule has 0 aliphatic carbocycles. The van der Waals surface area contributed by atoms with Crippen molar-refractivity contribution in [2.75, 3.05) is 20.3 Å². The number of halogens is 1. The Balaban J connectivity index is 0.00000385. The Labute approximate surface area is 212 Å². The summed E-state index contributed by atoms with van der Waals surface area (Å²) in [6.07, 6.45) is 9.06. The maximum Gasteiger partial charge on any atom is 0.191 e. The largest absolute Gasteiger partial charge is 0.493 e. The van der Waals surface area contributed by atoms with Gasteiger partial charge in [-0.2, -0.15) is 5.10 Å². The molecule has 33 heavy (non-hydrogen) atoms. The second-order valence-electron chi connectivity index (χ2n) is 7.00. The highest BCUT2D eigenvalue weighted by atomic mass is 127. The summed E-state index contributed by atoms with van der Waals surface area (Å²) in [5.41, 5.74) is 3.40. The number of aliphatic imine (C=N–C) groups is 1. The predicted octanol–water partition coefficient (Wildman–Crippen LogP) is 3.83. The lowest BCUT2D eigenvalue weighted by molar-refractivity contribution is 0.330. The summed E-state index contributed by atoms with van der Waals surface area (Å²) in [7, 11) is 1.60. The maximum absolute atomic E-state index is 5.59. The lowest BCUT2D eigenvalue weighted by atomic mass is 10.1. The van der Waals surface area contributed by atoms with Crippen molar-refractivity contribution in [1.82, 2.24) is 20.4 Å². The Bertz CT molecular complexity index is 1060. The van der Waals surface area contributed by atoms with E-state index in [0.29, 0.717) is 24.6 Å². The fourth-order valence-corrected chi connectivity index (χ4v) is 3.20. The van der Waals surface area contributed by atoms with Crippen molar-refractivity contribution in [2.45, 2.75) is 26.6 Å². The number of hydrogen-bond acceptors (Lipinski definition) is 4. The average molecular weight is 559 g/mol. The molecule has 0 saturated carbocycles. The second-order valence-corrected chi connectivity index (χ2v) is 7.00. The summed E-state index contributed by atoms with van der Waals surface area (Å²) in [6, 6.07) is 16.0. The molecule has 0 aliphatic rings. The smallest absolute Gasteiger partial charge is 0.191 e. The number of hydrogen-bond donors (Lipinski definition) is 2. The Morgan fingerprint density at radius 2 is 1.94 bits per heavy atom. The number of methoxy groups -OCH3 is 1. The van der Waals surface area contributed by atoms with Gasteiger partial charge in [-0.1, -0.05) is 36.3 Å². The Kier molecular flexibility index (Phi) is 11.1. The molecule has 0 spiro atoms. The van der Waals surface area contributed by atoms with Crippen molar-refractivity contribution < 1.29 is 9.47 Å². The molecular weight excluding hydrogens is 529 g/mol. The Morgan fingerprint density at radius 1 is 1.12 bits per heavy atom. The van der Waals surface area contributed by atoms with E-state index in [2.05, 4.69) is 33.8 Å². The number of nitrogens with zero attached hydrogens (tertiary/aromatic N) is 3. The minimum absolute atomic E-state index is 0. The summed E-state index contributed by atoms with van der Waals surface area (Å²) in [5, 5.41) is 11.0. The molecule has 0 fully saturated rings. The molecule has 8 heteroatoms. The molecule has 0 amide bonds. The van der Waals surface area contributed by atoms with E-state index in [9.17, 15) is 0 Å². The van der Waals surface area contributed by atoms with Gasteiger partial charge in [-0.25, -0.2) is 4.99 Å². The molecule has 7 nitrogen and oxygen atoms in total. The van der Waals surface area contributed by atoms with Gasteiger partial charge in [0, 0.05) is 25.5 Å². The fourth-order valence-electron chi connectivity index (χ4n) is 3.20. The third kappa shape index (κ3) is 8.02. The number of terminal acetylenes is 1. The fraction of sp³-hybridized carbons (Fsp3) is 0.280. The van der Waals surface area contributed by atoms with Crippen LogP contribution in [0.15, 0.2) is 65.9 Å². The quantitative estimate of drug-likeness (QED) is 0.171. The highest BCUT2D eigenvalue weighted by Crippen LogP contribution is 2.28. The van der Waals surface area contributed by atoms with Crippen LogP contribution in [-0.4, -0.2) is 36.0 Å². The van der Waals surface area contributed by atoms with Crippen LogP contribution in [0.2, 0.25) is 0 Å². The third-order valence-electron chi connectivity index (χ3n) is 4.76. The summed E-state index contributed by atoms with van der Waals surface area (Å²) in [6.45, 7) is 4.86. The van der Waals surface area contributed by atoms with Gasteiger partial charge in [0.05, 0.1) is 20.2 Å². The number of ether oxygens (including phenoxy) is 2. The molecule has 2 aromatic carbocycles. The minimum Gasteiger partial charge on any atom is -0.493 e. The van der Waals surface area contributed by atoms with Crippen molar-refractivity contribution in [3.8, 4) is 23.8 Å². The first-order valence-corrected chi connectivity index (χ1v) is 10.5. The molecule has 0 atom stereocenters. The molecule has 0 aliphatic heterocycles. The third-order valence-corrected chi connectivity index (χ3v) is 4.76. The summed E-state index contributed by atoms with van der Waals surface area (Å²) < 4.78 is 12.8. The molecule has 0 radical (unpaired) electrons. The highest BCUT2D eigenvalue weighted by molar-refractivity contribution is 14.0. The highest BCUT2D eigenvalue weighted by Gasteiger charge is 2.07. The van der Waals surface area contributed by atoms with Gasteiger partial charge in [-0.05, 0) is 41.8 Å². The monoisotopic (exact) mass is 559 g/mol. The van der Waals surface area contributed by atoms with Crippen molar-refractivity contribution in [2.24, 2.45) is 4.99 Å². The van der Waals surface area contributed by atoms with E-state index in [0.717, 1.165) is 24.6 Å². The molecule has 1 aromatic heterocycles. The Morgan fingerprint density at radius 3 is 2.64 bits per heavy atom. The van der Waals surface area contributed by atoms with E-state index in [-0.39, 0.29) is 30.6 Å². The lowest BCUT2D eigenvalue weighted by Gasteiger charge is -2.14. The van der Waals surface area contributed by atoms with E-state index in [4.69, 9.17) is 20.9 Å². The van der Waals surface area contributed by atoms with Crippen LogP contribution in [-0.2, 0) is 19.6 Å². The average Bonchev–Trinajstić information content (AvgIpc) is 3.33. The van der Waals surface area contributed by atoms with Crippen LogP contribution < -0.4 is 20.1 Å².